The summed E-state index contributed by atoms with van der Waals surface area (Å²) in [5.41, 5.74) is 7.64. The molecule has 0 fully saturated rings. The molecule has 1 aromatic rings. The van der Waals surface area contributed by atoms with Crippen LogP contribution in [0.1, 0.15) is 49.1 Å². The van der Waals surface area contributed by atoms with E-state index in [1.54, 1.807) is 13.8 Å². The maximum absolute atomic E-state index is 12.1. The molecule has 0 saturated carbocycles. The van der Waals surface area contributed by atoms with Gasteiger partial charge in [0.1, 0.15) is 11.6 Å². The van der Waals surface area contributed by atoms with Gasteiger partial charge in [0.25, 0.3) is 5.56 Å². The molecule has 0 radical (unpaired) electrons. The third-order valence-electron chi connectivity index (χ3n) is 3.93. The van der Waals surface area contributed by atoms with Crippen LogP contribution in [0.15, 0.2) is 4.79 Å². The summed E-state index contributed by atoms with van der Waals surface area (Å²) >= 11 is 0. The number of hydrogen-bond acceptors (Lipinski definition) is 4. The van der Waals surface area contributed by atoms with Gasteiger partial charge in [0, 0.05) is 24.7 Å². The number of rotatable bonds is 7. The molecule has 0 aromatic carbocycles. The summed E-state index contributed by atoms with van der Waals surface area (Å²) in [5, 5.41) is 12.0. The number of nitrogens with zero attached hydrogens (tertiary/aromatic N) is 1. The second-order valence-electron chi connectivity index (χ2n) is 6.30. The first kappa shape index (κ1) is 22.2. The molecule has 0 bridgehead atoms. The summed E-state index contributed by atoms with van der Waals surface area (Å²) in [4.78, 5) is 26.5. The van der Waals surface area contributed by atoms with E-state index in [-0.39, 0.29) is 35.5 Å². The van der Waals surface area contributed by atoms with E-state index in [2.05, 4.69) is 24.1 Å². The molecule has 4 N–H and O–H groups in total. The van der Waals surface area contributed by atoms with E-state index in [9.17, 15) is 9.59 Å². The lowest BCUT2D eigenvalue weighted by Gasteiger charge is -2.19. The third kappa shape index (κ3) is 5.99. The Morgan fingerprint density at radius 3 is 2.50 bits per heavy atom. The largest absolute Gasteiger partial charge is 0.352 e. The molecule has 134 valence electrons. The first-order chi connectivity index (χ1) is 10.8. The van der Waals surface area contributed by atoms with Gasteiger partial charge < -0.3 is 16.0 Å². The first-order valence-electron chi connectivity index (χ1n) is 7.92. The molecule has 24 heavy (non-hydrogen) atoms. The summed E-state index contributed by atoms with van der Waals surface area (Å²) in [6.07, 6.45) is 1.62. The van der Waals surface area contributed by atoms with Crippen LogP contribution in [-0.2, 0) is 11.2 Å². The zero-order valence-corrected chi connectivity index (χ0v) is 15.5. The number of carbonyl (C=O) groups excluding carboxylic acids is 1. The zero-order chi connectivity index (χ0) is 17.6. The summed E-state index contributed by atoms with van der Waals surface area (Å²) in [5.74, 6) is 0.398. The number of pyridine rings is 1. The second kappa shape index (κ2) is 10.1. The van der Waals surface area contributed by atoms with Crippen molar-refractivity contribution in [3.63, 3.8) is 0 Å². The van der Waals surface area contributed by atoms with Crippen LogP contribution in [0.25, 0.3) is 0 Å². The molecule has 0 saturated heterocycles. The van der Waals surface area contributed by atoms with Crippen LogP contribution in [-0.4, -0.2) is 23.5 Å². The van der Waals surface area contributed by atoms with Gasteiger partial charge in [-0.15, -0.1) is 12.4 Å². The minimum Gasteiger partial charge on any atom is -0.352 e. The van der Waals surface area contributed by atoms with Crippen molar-refractivity contribution in [2.24, 2.45) is 11.7 Å². The summed E-state index contributed by atoms with van der Waals surface area (Å²) in [7, 11) is 0. The molecule has 1 heterocycles. The van der Waals surface area contributed by atoms with E-state index in [1.165, 1.54) is 0 Å². The number of hydrogen-bond donors (Lipinski definition) is 3. The highest BCUT2D eigenvalue weighted by molar-refractivity contribution is 5.85. The van der Waals surface area contributed by atoms with Crippen molar-refractivity contribution in [3.8, 4) is 6.07 Å². The Bertz CT molecular complexity index is 662. The van der Waals surface area contributed by atoms with E-state index < -0.39 is 0 Å². The molecule has 1 amide bonds. The minimum absolute atomic E-state index is 0. The number of halogens is 1. The van der Waals surface area contributed by atoms with Crippen LogP contribution in [0.4, 0.5) is 0 Å². The molecule has 0 aliphatic heterocycles. The van der Waals surface area contributed by atoms with Crippen molar-refractivity contribution in [1.82, 2.24) is 10.3 Å². The number of aromatic nitrogens is 1. The fraction of sp³-hybridized carbons (Fsp3) is 0.588. The van der Waals surface area contributed by atoms with Crippen LogP contribution in [0.5, 0.6) is 0 Å². The van der Waals surface area contributed by atoms with Gasteiger partial charge in [0.05, 0.1) is 0 Å². The third-order valence-corrected chi connectivity index (χ3v) is 3.93. The van der Waals surface area contributed by atoms with Gasteiger partial charge in [0.2, 0.25) is 5.91 Å². The number of nitrogens with two attached hydrogens (primary N) is 1. The molecule has 0 aliphatic rings. The van der Waals surface area contributed by atoms with Gasteiger partial charge in [-0.25, -0.2) is 0 Å². The number of carbonyl (C=O) groups is 1. The predicted molar refractivity (Wildman–Crippen MR) is 97.3 cm³/mol. The fourth-order valence-electron chi connectivity index (χ4n) is 2.74. The number of aromatic amines is 1. The Balaban J connectivity index is 0.00000529. The number of H-pyrrole nitrogens is 1. The Kier molecular flexibility index (Phi) is 9.34. The van der Waals surface area contributed by atoms with Crippen molar-refractivity contribution in [1.29, 1.82) is 5.26 Å². The Labute approximate surface area is 149 Å². The Hall–Kier alpha value is -1.84. The van der Waals surface area contributed by atoms with Crippen molar-refractivity contribution in [3.05, 3.63) is 32.7 Å². The summed E-state index contributed by atoms with van der Waals surface area (Å²) < 4.78 is 0. The smallest absolute Gasteiger partial charge is 0.266 e. The topological polar surface area (TPSA) is 112 Å². The highest BCUT2D eigenvalue weighted by Gasteiger charge is 2.15. The molecular formula is C17H27ClN4O2. The summed E-state index contributed by atoms with van der Waals surface area (Å²) in [6, 6.07) is 1.90. The van der Waals surface area contributed by atoms with Crippen molar-refractivity contribution in [2.75, 3.05) is 6.54 Å². The van der Waals surface area contributed by atoms with Crippen LogP contribution in [0.3, 0.4) is 0 Å². The molecular weight excluding hydrogens is 328 g/mol. The fourth-order valence-corrected chi connectivity index (χ4v) is 2.74. The number of nitrogens with one attached hydrogen (secondary N) is 2. The van der Waals surface area contributed by atoms with Gasteiger partial charge in [-0.05, 0) is 43.7 Å². The van der Waals surface area contributed by atoms with Gasteiger partial charge in [-0.2, -0.15) is 5.26 Å². The van der Waals surface area contributed by atoms with Crippen molar-refractivity contribution >= 4 is 18.3 Å². The lowest BCUT2D eigenvalue weighted by molar-refractivity contribution is -0.121. The highest BCUT2D eigenvalue weighted by Crippen LogP contribution is 2.15. The van der Waals surface area contributed by atoms with Crippen LogP contribution in [0, 0.1) is 31.1 Å². The van der Waals surface area contributed by atoms with Crippen molar-refractivity contribution < 1.29 is 4.79 Å². The van der Waals surface area contributed by atoms with Crippen LogP contribution in [0.2, 0.25) is 0 Å². The number of nitriles is 1. The maximum atomic E-state index is 12.1. The molecule has 1 unspecified atom stereocenters. The van der Waals surface area contributed by atoms with Gasteiger partial charge >= 0.3 is 0 Å². The Morgan fingerprint density at radius 2 is 2.00 bits per heavy atom. The first-order valence-corrected chi connectivity index (χ1v) is 7.92. The van der Waals surface area contributed by atoms with Gasteiger partial charge in [0.15, 0.2) is 0 Å². The molecule has 0 spiro atoms. The summed E-state index contributed by atoms with van der Waals surface area (Å²) in [6.45, 7) is 8.12. The molecule has 0 aliphatic carbocycles. The van der Waals surface area contributed by atoms with E-state index >= 15 is 0 Å². The molecule has 1 aromatic heterocycles. The van der Waals surface area contributed by atoms with E-state index in [0.29, 0.717) is 36.6 Å². The van der Waals surface area contributed by atoms with E-state index in [0.717, 1.165) is 12.0 Å². The van der Waals surface area contributed by atoms with Crippen LogP contribution >= 0.6 is 12.4 Å². The minimum atomic E-state index is -0.379. The van der Waals surface area contributed by atoms with E-state index in [1.807, 2.05) is 6.07 Å². The molecule has 6 nitrogen and oxygen atoms in total. The number of amides is 1. The zero-order valence-electron chi connectivity index (χ0n) is 14.7. The second-order valence-corrected chi connectivity index (χ2v) is 6.30. The Morgan fingerprint density at radius 1 is 1.38 bits per heavy atom. The van der Waals surface area contributed by atoms with Gasteiger partial charge in [-0.3, -0.25) is 9.59 Å². The average molecular weight is 355 g/mol. The van der Waals surface area contributed by atoms with E-state index in [4.69, 9.17) is 11.0 Å². The van der Waals surface area contributed by atoms with Crippen LogP contribution < -0.4 is 16.6 Å². The van der Waals surface area contributed by atoms with Gasteiger partial charge in [-0.1, -0.05) is 13.8 Å². The molecule has 7 heteroatoms. The lowest BCUT2D eigenvalue weighted by atomic mass is 9.98. The monoisotopic (exact) mass is 354 g/mol. The predicted octanol–water partition coefficient (Wildman–Crippen LogP) is 1.71. The molecule has 1 rings (SSSR count). The maximum Gasteiger partial charge on any atom is 0.266 e. The quantitative estimate of drug-likeness (QED) is 0.691. The SMILES string of the molecule is Cc1[nH]c(=O)c(C#N)c(C)c1CCC(=O)NC(CN)CC(C)C.Cl. The lowest BCUT2D eigenvalue weighted by Crippen LogP contribution is -2.41. The highest BCUT2D eigenvalue weighted by atomic mass is 35.5. The molecule has 1 atom stereocenters. The average Bonchev–Trinajstić information content (AvgIpc) is 2.45. The normalized spacial score (nSPS) is 11.5. The standard InChI is InChI=1S/C17H26N4O2.ClH/c1-10(2)7-13(8-18)21-16(22)6-5-14-11(3)15(9-19)17(23)20-12(14)4;/h10,13H,5-8,18H2,1-4H3,(H,20,23)(H,21,22);1H. The van der Waals surface area contributed by atoms with Crippen molar-refractivity contribution in [2.45, 2.75) is 53.0 Å². The number of aryl methyl sites for hydroxylation is 1.